The average molecular weight is 239 g/mol. The predicted molar refractivity (Wildman–Crippen MR) is 63.4 cm³/mol. The highest BCUT2D eigenvalue weighted by molar-refractivity contribution is 5.92. The lowest BCUT2D eigenvalue weighted by molar-refractivity contribution is -0.147. The van der Waals surface area contributed by atoms with Crippen molar-refractivity contribution in [2.75, 3.05) is 7.11 Å². The smallest absolute Gasteiger partial charge is 0.225 e. The SMILES string of the molecule is CO[C@H]1CCC[C@H]([C@H]2NC(=O)[C@@H]2C(C)C)C1=O. The first-order valence-electron chi connectivity index (χ1n) is 6.43. The number of ketones is 1. The summed E-state index contributed by atoms with van der Waals surface area (Å²) in [6.45, 7) is 4.08. The van der Waals surface area contributed by atoms with Crippen LogP contribution in [-0.4, -0.2) is 30.9 Å². The van der Waals surface area contributed by atoms with E-state index < -0.39 is 0 Å². The topological polar surface area (TPSA) is 55.4 Å². The van der Waals surface area contributed by atoms with Crippen LogP contribution in [0.2, 0.25) is 0 Å². The zero-order valence-electron chi connectivity index (χ0n) is 10.7. The van der Waals surface area contributed by atoms with Crippen molar-refractivity contribution in [3.05, 3.63) is 0 Å². The summed E-state index contributed by atoms with van der Waals surface area (Å²) in [5, 5.41) is 2.90. The molecule has 1 saturated carbocycles. The Morgan fingerprint density at radius 3 is 2.53 bits per heavy atom. The molecule has 4 nitrogen and oxygen atoms in total. The largest absolute Gasteiger partial charge is 0.374 e. The molecule has 0 spiro atoms. The number of methoxy groups -OCH3 is 1. The number of β-lactam (4-membered cyclic amide) rings is 1. The van der Waals surface area contributed by atoms with Crippen LogP contribution in [0.3, 0.4) is 0 Å². The highest BCUT2D eigenvalue weighted by Gasteiger charge is 2.49. The molecule has 96 valence electrons. The number of Topliss-reactive ketones (excluding diaryl/α,β-unsaturated/α-hetero) is 1. The minimum Gasteiger partial charge on any atom is -0.374 e. The van der Waals surface area contributed by atoms with E-state index in [4.69, 9.17) is 4.74 Å². The molecule has 1 amide bonds. The van der Waals surface area contributed by atoms with Gasteiger partial charge in [0.25, 0.3) is 0 Å². The van der Waals surface area contributed by atoms with E-state index >= 15 is 0 Å². The molecule has 0 unspecified atom stereocenters. The number of ether oxygens (including phenoxy) is 1. The van der Waals surface area contributed by atoms with Crippen LogP contribution < -0.4 is 5.32 Å². The molecule has 17 heavy (non-hydrogen) atoms. The van der Waals surface area contributed by atoms with Gasteiger partial charge in [-0.1, -0.05) is 13.8 Å². The molecule has 1 heterocycles. The number of hydrogen-bond donors (Lipinski definition) is 1. The molecule has 1 saturated heterocycles. The number of carbonyl (C=O) groups excluding carboxylic acids is 2. The molecular weight excluding hydrogens is 218 g/mol. The summed E-state index contributed by atoms with van der Waals surface area (Å²) in [6, 6.07) is 0.0351. The fourth-order valence-electron chi connectivity index (χ4n) is 3.12. The lowest BCUT2D eigenvalue weighted by atomic mass is 9.69. The first kappa shape index (κ1) is 12.6. The fourth-order valence-corrected chi connectivity index (χ4v) is 3.12. The molecule has 1 aliphatic heterocycles. The molecular formula is C13H21NO3. The zero-order chi connectivity index (χ0) is 12.6. The summed E-state index contributed by atoms with van der Waals surface area (Å²) >= 11 is 0. The first-order chi connectivity index (χ1) is 8.06. The summed E-state index contributed by atoms with van der Waals surface area (Å²) in [5.41, 5.74) is 0. The molecule has 2 aliphatic rings. The maximum Gasteiger partial charge on any atom is 0.225 e. The van der Waals surface area contributed by atoms with Crippen molar-refractivity contribution in [1.82, 2.24) is 5.32 Å². The van der Waals surface area contributed by atoms with Crippen LogP contribution in [0.1, 0.15) is 33.1 Å². The van der Waals surface area contributed by atoms with Crippen LogP contribution >= 0.6 is 0 Å². The van der Waals surface area contributed by atoms with E-state index in [1.54, 1.807) is 7.11 Å². The van der Waals surface area contributed by atoms with Crippen LogP contribution in [0, 0.1) is 17.8 Å². The standard InChI is InChI=1S/C13H21NO3/c1-7(2)10-11(14-13(10)16)8-5-4-6-9(17-3)12(8)15/h7-11H,4-6H2,1-3H3,(H,14,16)/t8-,9+,10-,11-/m1/s1. The van der Waals surface area contributed by atoms with Gasteiger partial charge in [-0.15, -0.1) is 0 Å². The van der Waals surface area contributed by atoms with Gasteiger partial charge in [-0.25, -0.2) is 0 Å². The molecule has 0 aromatic heterocycles. The van der Waals surface area contributed by atoms with E-state index in [9.17, 15) is 9.59 Å². The van der Waals surface area contributed by atoms with Crippen molar-refractivity contribution in [2.24, 2.45) is 17.8 Å². The van der Waals surface area contributed by atoms with Crippen LogP contribution in [0.25, 0.3) is 0 Å². The summed E-state index contributed by atoms with van der Waals surface area (Å²) in [7, 11) is 1.59. The van der Waals surface area contributed by atoms with Crippen LogP contribution in [-0.2, 0) is 14.3 Å². The molecule has 1 N–H and O–H groups in total. The van der Waals surface area contributed by atoms with E-state index in [1.165, 1.54) is 0 Å². The van der Waals surface area contributed by atoms with Gasteiger partial charge in [-0.2, -0.15) is 0 Å². The number of rotatable bonds is 3. The number of hydrogen-bond acceptors (Lipinski definition) is 3. The maximum atomic E-state index is 12.2. The Balaban J connectivity index is 2.07. The Morgan fingerprint density at radius 1 is 1.29 bits per heavy atom. The zero-order valence-corrected chi connectivity index (χ0v) is 10.7. The van der Waals surface area contributed by atoms with Crippen LogP contribution in [0.15, 0.2) is 0 Å². The molecule has 1 aliphatic carbocycles. The van der Waals surface area contributed by atoms with Crippen LogP contribution in [0.4, 0.5) is 0 Å². The number of amides is 1. The normalized spacial score (nSPS) is 37.9. The second kappa shape index (κ2) is 4.77. The monoisotopic (exact) mass is 239 g/mol. The van der Waals surface area contributed by atoms with Gasteiger partial charge < -0.3 is 10.1 Å². The van der Waals surface area contributed by atoms with Gasteiger partial charge in [0.15, 0.2) is 5.78 Å². The molecule has 4 atom stereocenters. The van der Waals surface area contributed by atoms with E-state index in [-0.39, 0.29) is 35.7 Å². The molecule has 2 rings (SSSR count). The molecule has 0 bridgehead atoms. The Labute approximate surface area is 102 Å². The van der Waals surface area contributed by atoms with Gasteiger partial charge in [-0.3, -0.25) is 9.59 Å². The van der Waals surface area contributed by atoms with E-state index in [0.29, 0.717) is 5.92 Å². The van der Waals surface area contributed by atoms with E-state index in [1.807, 2.05) is 13.8 Å². The van der Waals surface area contributed by atoms with Crippen LogP contribution in [0.5, 0.6) is 0 Å². The highest BCUT2D eigenvalue weighted by atomic mass is 16.5. The summed E-state index contributed by atoms with van der Waals surface area (Å²) in [4.78, 5) is 23.7. The number of nitrogens with one attached hydrogen (secondary N) is 1. The minimum atomic E-state index is -0.265. The summed E-state index contributed by atoms with van der Waals surface area (Å²) in [5.74, 6) is 0.523. The van der Waals surface area contributed by atoms with Gasteiger partial charge in [0.2, 0.25) is 5.91 Å². The summed E-state index contributed by atoms with van der Waals surface area (Å²) < 4.78 is 5.21. The number of carbonyl (C=O) groups is 2. The van der Waals surface area contributed by atoms with Crippen molar-refractivity contribution in [3.63, 3.8) is 0 Å². The van der Waals surface area contributed by atoms with Gasteiger partial charge >= 0.3 is 0 Å². The average Bonchev–Trinajstić information content (AvgIpc) is 2.25. The van der Waals surface area contributed by atoms with Gasteiger partial charge in [0, 0.05) is 13.0 Å². The maximum absolute atomic E-state index is 12.2. The van der Waals surface area contributed by atoms with Crippen molar-refractivity contribution in [3.8, 4) is 0 Å². The lowest BCUT2D eigenvalue weighted by Gasteiger charge is -2.45. The third-order valence-electron chi connectivity index (χ3n) is 4.10. The third-order valence-corrected chi connectivity index (χ3v) is 4.10. The molecule has 4 heteroatoms. The van der Waals surface area contributed by atoms with E-state index in [2.05, 4.69) is 5.32 Å². The second-order valence-electron chi connectivity index (χ2n) is 5.47. The summed E-state index contributed by atoms with van der Waals surface area (Å²) in [6.07, 6.45) is 2.44. The van der Waals surface area contributed by atoms with Gasteiger partial charge in [0.1, 0.15) is 6.10 Å². The van der Waals surface area contributed by atoms with Crippen molar-refractivity contribution < 1.29 is 14.3 Å². The van der Waals surface area contributed by atoms with Crippen molar-refractivity contribution in [1.29, 1.82) is 0 Å². The van der Waals surface area contributed by atoms with Crippen molar-refractivity contribution in [2.45, 2.75) is 45.3 Å². The molecule has 0 radical (unpaired) electrons. The fraction of sp³-hybridized carbons (Fsp3) is 0.846. The second-order valence-corrected chi connectivity index (χ2v) is 5.47. The molecule has 0 aromatic carbocycles. The Hall–Kier alpha value is -0.900. The minimum absolute atomic E-state index is 0.000411. The Morgan fingerprint density at radius 2 is 2.00 bits per heavy atom. The molecule has 2 fully saturated rings. The highest BCUT2D eigenvalue weighted by Crippen LogP contribution is 2.35. The predicted octanol–water partition coefficient (Wildman–Crippen LogP) is 1.14. The Bertz CT molecular complexity index is 327. The van der Waals surface area contributed by atoms with Crippen molar-refractivity contribution >= 4 is 11.7 Å². The quantitative estimate of drug-likeness (QED) is 0.751. The van der Waals surface area contributed by atoms with Gasteiger partial charge in [-0.05, 0) is 25.2 Å². The van der Waals surface area contributed by atoms with E-state index in [0.717, 1.165) is 19.3 Å². The lowest BCUT2D eigenvalue weighted by Crippen LogP contribution is -2.65. The molecule has 0 aromatic rings. The Kier molecular flexibility index (Phi) is 3.52. The third kappa shape index (κ3) is 2.10. The van der Waals surface area contributed by atoms with Gasteiger partial charge in [0.05, 0.1) is 12.0 Å². The first-order valence-corrected chi connectivity index (χ1v) is 6.43.